The van der Waals surface area contributed by atoms with Gasteiger partial charge in [0.25, 0.3) is 11.8 Å². The zero-order chi connectivity index (χ0) is 25.4. The summed E-state index contributed by atoms with van der Waals surface area (Å²) < 4.78 is 10.9. The molecule has 1 aromatic heterocycles. The molecule has 0 saturated carbocycles. The fourth-order valence-electron chi connectivity index (χ4n) is 3.80. The lowest BCUT2D eigenvalue weighted by molar-refractivity contribution is -0.122. The molecule has 178 valence electrons. The number of ketones is 1. The number of hydrogen-bond acceptors (Lipinski definition) is 6. The van der Waals surface area contributed by atoms with Crippen molar-refractivity contribution in [3.05, 3.63) is 100 Å². The number of thiocarbonyl (C=S) groups is 1. The summed E-state index contributed by atoms with van der Waals surface area (Å²) in [5, 5.41) is 3.69. The second kappa shape index (κ2) is 9.41. The van der Waals surface area contributed by atoms with Crippen molar-refractivity contribution < 1.29 is 23.5 Å². The van der Waals surface area contributed by atoms with Gasteiger partial charge < -0.3 is 9.15 Å². The van der Waals surface area contributed by atoms with Crippen LogP contribution in [0, 0.1) is 0 Å². The number of methoxy groups -OCH3 is 1. The number of carbonyl (C=O) groups excluding carboxylic acids is 3. The van der Waals surface area contributed by atoms with Crippen LogP contribution in [-0.2, 0) is 9.59 Å². The molecule has 3 aromatic carbocycles. The number of benzene rings is 3. The third-order valence-electron chi connectivity index (χ3n) is 5.61. The summed E-state index contributed by atoms with van der Waals surface area (Å²) in [5.41, 5.74) is 1.93. The number of hydrogen-bond donors (Lipinski definition) is 1. The van der Waals surface area contributed by atoms with E-state index < -0.39 is 11.8 Å². The number of amides is 2. The van der Waals surface area contributed by atoms with Gasteiger partial charge in [-0.2, -0.15) is 0 Å². The van der Waals surface area contributed by atoms with Crippen molar-refractivity contribution in [3.63, 3.8) is 0 Å². The first-order valence-corrected chi connectivity index (χ1v) is 11.5. The first-order chi connectivity index (χ1) is 17.3. The van der Waals surface area contributed by atoms with E-state index in [1.807, 2.05) is 0 Å². The lowest BCUT2D eigenvalue weighted by atomic mass is 10.0. The van der Waals surface area contributed by atoms with E-state index in [1.165, 1.54) is 11.0 Å². The number of nitrogens with one attached hydrogen (secondary N) is 1. The zero-order valence-electron chi connectivity index (χ0n) is 18.8. The van der Waals surface area contributed by atoms with Crippen molar-refractivity contribution >= 4 is 69.3 Å². The van der Waals surface area contributed by atoms with Crippen LogP contribution in [0.5, 0.6) is 5.75 Å². The third kappa shape index (κ3) is 4.39. The van der Waals surface area contributed by atoms with Crippen molar-refractivity contribution in [1.82, 2.24) is 5.32 Å². The highest BCUT2D eigenvalue weighted by Gasteiger charge is 2.34. The van der Waals surface area contributed by atoms with Crippen LogP contribution in [0.4, 0.5) is 5.69 Å². The van der Waals surface area contributed by atoms with Gasteiger partial charge >= 0.3 is 0 Å². The monoisotopic (exact) mass is 516 g/mol. The Hall–Kier alpha value is -4.27. The molecule has 4 aromatic rings. The summed E-state index contributed by atoms with van der Waals surface area (Å²) in [6.45, 7) is 0. The van der Waals surface area contributed by atoms with E-state index in [-0.39, 0.29) is 22.2 Å². The zero-order valence-corrected chi connectivity index (χ0v) is 20.4. The van der Waals surface area contributed by atoms with Crippen molar-refractivity contribution in [2.24, 2.45) is 0 Å². The maximum absolute atomic E-state index is 13.2. The van der Waals surface area contributed by atoms with Crippen LogP contribution in [0.25, 0.3) is 17.0 Å². The smallest absolute Gasteiger partial charge is 0.270 e. The Morgan fingerprint density at radius 1 is 1.03 bits per heavy atom. The number of halogens is 1. The van der Waals surface area contributed by atoms with E-state index in [0.29, 0.717) is 38.6 Å². The minimum absolute atomic E-state index is 0.0172. The van der Waals surface area contributed by atoms with Crippen LogP contribution < -0.4 is 15.0 Å². The average Bonchev–Trinajstić information content (AvgIpc) is 3.30. The van der Waals surface area contributed by atoms with E-state index in [0.717, 1.165) is 0 Å². The third-order valence-corrected chi connectivity index (χ3v) is 6.15. The average molecular weight is 517 g/mol. The molecule has 2 heterocycles. The number of carbonyl (C=O) groups is 3. The van der Waals surface area contributed by atoms with Gasteiger partial charge in [-0.15, -0.1) is 0 Å². The molecular weight excluding hydrogens is 500 g/mol. The van der Waals surface area contributed by atoms with E-state index >= 15 is 0 Å². The van der Waals surface area contributed by atoms with E-state index in [1.54, 1.807) is 79.9 Å². The van der Waals surface area contributed by atoms with E-state index in [4.69, 9.17) is 33.0 Å². The van der Waals surface area contributed by atoms with Crippen LogP contribution in [0.15, 0.2) is 82.8 Å². The Morgan fingerprint density at radius 3 is 2.44 bits per heavy atom. The second-order valence-electron chi connectivity index (χ2n) is 7.90. The first kappa shape index (κ1) is 23.5. The number of nitrogens with zero attached hydrogens (tertiary/aromatic N) is 1. The summed E-state index contributed by atoms with van der Waals surface area (Å²) in [4.78, 5) is 39.9. The van der Waals surface area contributed by atoms with Gasteiger partial charge in [0.05, 0.1) is 12.8 Å². The van der Waals surface area contributed by atoms with Crippen molar-refractivity contribution in [2.75, 3.05) is 12.0 Å². The molecule has 0 unspecified atom stereocenters. The molecule has 0 aliphatic carbocycles. The molecule has 1 N–H and O–H groups in total. The molecule has 7 nitrogen and oxygen atoms in total. The summed E-state index contributed by atoms with van der Waals surface area (Å²) in [6.07, 6.45) is 1.47. The van der Waals surface area contributed by atoms with Crippen LogP contribution >= 0.6 is 23.8 Å². The van der Waals surface area contributed by atoms with E-state index in [2.05, 4.69) is 5.32 Å². The molecule has 1 aliphatic heterocycles. The minimum atomic E-state index is -0.599. The number of furan rings is 1. The highest BCUT2D eigenvalue weighted by atomic mass is 35.5. The van der Waals surface area contributed by atoms with Gasteiger partial charge in [-0.25, -0.2) is 0 Å². The van der Waals surface area contributed by atoms with Crippen molar-refractivity contribution in [1.29, 1.82) is 0 Å². The number of rotatable bonds is 5. The van der Waals surface area contributed by atoms with Crippen molar-refractivity contribution in [2.45, 2.75) is 0 Å². The maximum atomic E-state index is 13.2. The molecule has 1 aliphatic rings. The van der Waals surface area contributed by atoms with Gasteiger partial charge in [-0.1, -0.05) is 17.7 Å². The molecule has 0 bridgehead atoms. The maximum Gasteiger partial charge on any atom is 0.270 e. The lowest BCUT2D eigenvalue weighted by Gasteiger charge is -2.28. The van der Waals surface area contributed by atoms with Gasteiger partial charge in [-0.3, -0.25) is 24.6 Å². The van der Waals surface area contributed by atoms with E-state index in [9.17, 15) is 14.4 Å². The molecule has 0 radical (unpaired) electrons. The summed E-state index contributed by atoms with van der Waals surface area (Å²) in [6, 6.07) is 20.0. The fourth-order valence-corrected chi connectivity index (χ4v) is 4.20. The molecule has 0 atom stereocenters. The molecule has 5 rings (SSSR count). The predicted molar refractivity (Wildman–Crippen MR) is 140 cm³/mol. The topological polar surface area (TPSA) is 88.9 Å². The fraction of sp³-hybridized carbons (Fsp3) is 0.0370. The Morgan fingerprint density at radius 2 is 1.75 bits per heavy atom. The Balaban J connectivity index is 1.45. The molecule has 0 spiro atoms. The number of fused-ring (bicyclic) bond motifs is 1. The van der Waals surface area contributed by atoms with Crippen LogP contribution in [0.3, 0.4) is 0 Å². The van der Waals surface area contributed by atoms with Gasteiger partial charge in [0.1, 0.15) is 16.9 Å². The highest BCUT2D eigenvalue weighted by molar-refractivity contribution is 7.80. The van der Waals surface area contributed by atoms with Gasteiger partial charge in [0.2, 0.25) is 5.78 Å². The molecule has 9 heteroatoms. The lowest BCUT2D eigenvalue weighted by Crippen LogP contribution is -2.54. The Labute approximate surface area is 215 Å². The van der Waals surface area contributed by atoms with Crippen molar-refractivity contribution in [3.8, 4) is 5.75 Å². The van der Waals surface area contributed by atoms with Crippen LogP contribution in [0.2, 0.25) is 5.02 Å². The summed E-state index contributed by atoms with van der Waals surface area (Å²) >= 11 is 11.2. The number of anilines is 1. The SMILES string of the molecule is COc1ccc(C(=O)c2cc3cc(/C=C4\C(=O)NC(=S)N(c5ccc(Cl)cc5)C4=O)ccc3o2)cc1. The first-order valence-electron chi connectivity index (χ1n) is 10.7. The predicted octanol–water partition coefficient (Wildman–Crippen LogP) is 5.16. The minimum Gasteiger partial charge on any atom is -0.497 e. The highest BCUT2D eigenvalue weighted by Crippen LogP contribution is 2.27. The summed E-state index contributed by atoms with van der Waals surface area (Å²) in [5.74, 6) is -0.620. The molecule has 1 fully saturated rings. The van der Waals surface area contributed by atoms with Crippen LogP contribution in [0.1, 0.15) is 21.7 Å². The van der Waals surface area contributed by atoms with Gasteiger partial charge in [-0.05, 0) is 90.6 Å². The normalized spacial score (nSPS) is 14.9. The Bertz CT molecular complexity index is 1570. The molecular formula is C27H17ClN2O5S. The quantitative estimate of drug-likeness (QED) is 0.171. The van der Waals surface area contributed by atoms with Gasteiger partial charge in [0, 0.05) is 16.0 Å². The molecule has 1 saturated heterocycles. The second-order valence-corrected chi connectivity index (χ2v) is 8.72. The molecule has 36 heavy (non-hydrogen) atoms. The largest absolute Gasteiger partial charge is 0.497 e. The standard InChI is InChI=1S/C27H17ClN2O5S/c1-34-20-9-3-16(4-10-20)24(31)23-14-17-12-15(2-11-22(17)35-23)13-21-25(32)29-27(36)30(26(21)33)19-7-5-18(28)6-8-19/h2-14H,1H3,(H,29,32,36)/b21-13+. The Kier molecular flexibility index (Phi) is 6.13. The molecule has 2 amide bonds. The van der Waals surface area contributed by atoms with Gasteiger partial charge in [0.15, 0.2) is 10.9 Å². The summed E-state index contributed by atoms with van der Waals surface area (Å²) in [7, 11) is 1.55. The van der Waals surface area contributed by atoms with Crippen LogP contribution in [-0.4, -0.2) is 29.8 Å². The number of ether oxygens (including phenoxy) is 1.